The van der Waals surface area contributed by atoms with Gasteiger partial charge >= 0.3 is 0 Å². The molecule has 0 radical (unpaired) electrons. The third-order valence-corrected chi connectivity index (χ3v) is 2.09. The van der Waals surface area contributed by atoms with Crippen molar-refractivity contribution in [3.05, 3.63) is 18.2 Å². The first-order chi connectivity index (χ1) is 6.88. The summed E-state index contributed by atoms with van der Waals surface area (Å²) in [4.78, 5) is 4.24. The molecule has 0 aromatic carbocycles. The third-order valence-electron chi connectivity index (χ3n) is 2.09. The van der Waals surface area contributed by atoms with Crippen molar-refractivity contribution in [1.29, 1.82) is 0 Å². The van der Waals surface area contributed by atoms with Gasteiger partial charge in [0.2, 0.25) is 0 Å². The van der Waals surface area contributed by atoms with Crippen molar-refractivity contribution >= 4 is 0 Å². The second kappa shape index (κ2) is 6.56. The van der Waals surface area contributed by atoms with Gasteiger partial charge in [-0.1, -0.05) is 0 Å². The van der Waals surface area contributed by atoms with Crippen LogP contribution in [0.5, 0.6) is 0 Å². The van der Waals surface area contributed by atoms with Crippen molar-refractivity contribution in [3.63, 3.8) is 0 Å². The normalized spacial score (nSPS) is 10.7. The second-order valence-corrected chi connectivity index (χ2v) is 3.17. The van der Waals surface area contributed by atoms with Crippen molar-refractivity contribution in [2.24, 2.45) is 5.73 Å². The summed E-state index contributed by atoms with van der Waals surface area (Å²) in [6.07, 6.45) is 5.97. The Bertz CT molecular complexity index is 247. The Morgan fingerprint density at radius 2 is 2.36 bits per heavy atom. The molecular formula is C10H19N3O. The van der Waals surface area contributed by atoms with Crippen LogP contribution in [0.4, 0.5) is 0 Å². The van der Waals surface area contributed by atoms with Gasteiger partial charge in [0.25, 0.3) is 0 Å². The molecule has 1 rings (SSSR count). The Hall–Kier alpha value is -0.870. The molecule has 0 saturated carbocycles. The fourth-order valence-electron chi connectivity index (χ4n) is 1.30. The van der Waals surface area contributed by atoms with E-state index >= 15 is 0 Å². The highest BCUT2D eigenvalue weighted by atomic mass is 16.5. The maximum atomic E-state index is 5.44. The summed E-state index contributed by atoms with van der Waals surface area (Å²) >= 11 is 0. The molecular weight excluding hydrogens is 178 g/mol. The molecule has 4 heteroatoms. The number of aromatic nitrogens is 2. The first kappa shape index (κ1) is 11.2. The molecule has 0 aliphatic heterocycles. The third kappa shape index (κ3) is 3.47. The van der Waals surface area contributed by atoms with E-state index in [2.05, 4.69) is 9.55 Å². The van der Waals surface area contributed by atoms with Gasteiger partial charge in [-0.05, 0) is 26.3 Å². The number of unbranched alkanes of at least 4 members (excludes halogenated alkanes) is 1. The van der Waals surface area contributed by atoms with E-state index in [0.717, 1.165) is 38.4 Å². The number of rotatable bonds is 7. The molecule has 0 saturated heterocycles. The predicted octanol–water partition coefficient (Wildman–Crippen LogP) is 1.16. The van der Waals surface area contributed by atoms with Crippen molar-refractivity contribution < 1.29 is 4.74 Å². The first-order valence-electron chi connectivity index (χ1n) is 5.16. The van der Waals surface area contributed by atoms with Crippen LogP contribution in [-0.2, 0) is 17.9 Å². The average molecular weight is 197 g/mol. The van der Waals surface area contributed by atoms with E-state index in [1.54, 1.807) is 0 Å². The number of aryl methyl sites for hydroxylation is 1. The summed E-state index contributed by atoms with van der Waals surface area (Å²) in [5.74, 6) is 1.00. The topological polar surface area (TPSA) is 53.1 Å². The van der Waals surface area contributed by atoms with Gasteiger partial charge < -0.3 is 15.0 Å². The van der Waals surface area contributed by atoms with Crippen molar-refractivity contribution in [2.75, 3.05) is 13.2 Å². The summed E-state index contributed by atoms with van der Waals surface area (Å²) in [5, 5.41) is 0. The van der Waals surface area contributed by atoms with E-state index in [1.807, 2.05) is 19.3 Å². The minimum atomic E-state index is 0.603. The number of imidazole rings is 1. The van der Waals surface area contributed by atoms with E-state index in [9.17, 15) is 0 Å². The summed E-state index contributed by atoms with van der Waals surface area (Å²) in [5.41, 5.74) is 5.44. The van der Waals surface area contributed by atoms with Gasteiger partial charge in [-0.2, -0.15) is 0 Å². The Labute approximate surface area is 85.1 Å². The Kier molecular flexibility index (Phi) is 5.25. The molecule has 0 spiro atoms. The number of hydrogen-bond donors (Lipinski definition) is 1. The van der Waals surface area contributed by atoms with Crippen LogP contribution in [0.15, 0.2) is 12.4 Å². The van der Waals surface area contributed by atoms with Gasteiger partial charge in [-0.15, -0.1) is 0 Å². The van der Waals surface area contributed by atoms with Crippen molar-refractivity contribution in [2.45, 2.75) is 32.9 Å². The Morgan fingerprint density at radius 1 is 1.50 bits per heavy atom. The average Bonchev–Trinajstić information content (AvgIpc) is 2.63. The lowest BCUT2D eigenvalue weighted by molar-refractivity contribution is 0.125. The van der Waals surface area contributed by atoms with Crippen LogP contribution in [0.1, 0.15) is 25.6 Å². The van der Waals surface area contributed by atoms with Crippen LogP contribution < -0.4 is 5.73 Å². The van der Waals surface area contributed by atoms with Crippen molar-refractivity contribution in [1.82, 2.24) is 9.55 Å². The van der Waals surface area contributed by atoms with Gasteiger partial charge in [0.1, 0.15) is 12.4 Å². The van der Waals surface area contributed by atoms with Crippen LogP contribution in [0.25, 0.3) is 0 Å². The van der Waals surface area contributed by atoms with Crippen LogP contribution in [0, 0.1) is 0 Å². The van der Waals surface area contributed by atoms with Gasteiger partial charge in [0, 0.05) is 25.5 Å². The molecule has 0 amide bonds. The zero-order chi connectivity index (χ0) is 10.2. The smallest absolute Gasteiger partial charge is 0.134 e. The lowest BCUT2D eigenvalue weighted by Gasteiger charge is -2.06. The first-order valence-corrected chi connectivity index (χ1v) is 5.16. The van der Waals surface area contributed by atoms with E-state index < -0.39 is 0 Å². The number of nitrogens with two attached hydrogens (primary N) is 1. The number of hydrogen-bond acceptors (Lipinski definition) is 3. The predicted molar refractivity (Wildman–Crippen MR) is 55.8 cm³/mol. The molecule has 2 N–H and O–H groups in total. The van der Waals surface area contributed by atoms with Gasteiger partial charge in [0.05, 0.1) is 0 Å². The maximum Gasteiger partial charge on any atom is 0.134 e. The lowest BCUT2D eigenvalue weighted by Crippen LogP contribution is -2.07. The van der Waals surface area contributed by atoms with E-state index in [0.29, 0.717) is 6.61 Å². The van der Waals surface area contributed by atoms with Gasteiger partial charge in [-0.3, -0.25) is 0 Å². The summed E-state index contributed by atoms with van der Waals surface area (Å²) in [6.45, 7) is 5.07. The largest absolute Gasteiger partial charge is 0.374 e. The van der Waals surface area contributed by atoms with Gasteiger partial charge in [0.15, 0.2) is 0 Å². The lowest BCUT2D eigenvalue weighted by atomic mass is 10.3. The van der Waals surface area contributed by atoms with E-state index in [1.165, 1.54) is 0 Å². The van der Waals surface area contributed by atoms with Crippen LogP contribution in [0.2, 0.25) is 0 Å². The molecule has 0 aliphatic carbocycles. The SMILES string of the molecule is CCOCc1nccn1CCCCN. The standard InChI is InChI=1S/C10H19N3O/c1-2-14-9-10-12-6-8-13(10)7-4-3-5-11/h6,8H,2-5,7,9,11H2,1H3. The molecule has 80 valence electrons. The minimum absolute atomic E-state index is 0.603. The second-order valence-electron chi connectivity index (χ2n) is 3.17. The molecule has 1 aromatic rings. The summed E-state index contributed by atoms with van der Waals surface area (Å²) in [6, 6.07) is 0. The Balaban J connectivity index is 2.37. The highest BCUT2D eigenvalue weighted by Crippen LogP contribution is 2.02. The molecule has 0 bridgehead atoms. The summed E-state index contributed by atoms with van der Waals surface area (Å²) < 4.78 is 7.45. The van der Waals surface area contributed by atoms with Crippen molar-refractivity contribution in [3.8, 4) is 0 Å². The fourth-order valence-corrected chi connectivity index (χ4v) is 1.30. The van der Waals surface area contributed by atoms with E-state index in [-0.39, 0.29) is 0 Å². The highest BCUT2D eigenvalue weighted by molar-refractivity contribution is 4.90. The molecule has 0 unspecified atom stereocenters. The fraction of sp³-hybridized carbons (Fsp3) is 0.700. The number of nitrogens with zero attached hydrogens (tertiary/aromatic N) is 2. The van der Waals surface area contributed by atoms with Crippen LogP contribution in [-0.4, -0.2) is 22.7 Å². The zero-order valence-electron chi connectivity index (χ0n) is 8.78. The van der Waals surface area contributed by atoms with E-state index in [4.69, 9.17) is 10.5 Å². The molecule has 0 atom stereocenters. The molecule has 0 fully saturated rings. The highest BCUT2D eigenvalue weighted by Gasteiger charge is 2.01. The zero-order valence-corrected chi connectivity index (χ0v) is 8.78. The molecule has 14 heavy (non-hydrogen) atoms. The minimum Gasteiger partial charge on any atom is -0.374 e. The molecule has 4 nitrogen and oxygen atoms in total. The van der Waals surface area contributed by atoms with Crippen LogP contribution in [0.3, 0.4) is 0 Å². The number of ether oxygens (including phenoxy) is 1. The maximum absolute atomic E-state index is 5.44. The monoisotopic (exact) mass is 197 g/mol. The Morgan fingerprint density at radius 3 is 3.07 bits per heavy atom. The van der Waals surface area contributed by atoms with Crippen LogP contribution >= 0.6 is 0 Å². The van der Waals surface area contributed by atoms with Gasteiger partial charge in [-0.25, -0.2) is 4.98 Å². The quantitative estimate of drug-likeness (QED) is 0.667. The molecule has 0 aliphatic rings. The summed E-state index contributed by atoms with van der Waals surface area (Å²) in [7, 11) is 0. The molecule has 1 aromatic heterocycles. The molecule has 1 heterocycles.